The molecule has 6 nitrogen and oxygen atoms in total. The topological polar surface area (TPSA) is 84.2 Å². The molecular weight excluding hydrogens is 402 g/mol. The van der Waals surface area contributed by atoms with Crippen LogP contribution >= 0.6 is 0 Å². The van der Waals surface area contributed by atoms with Crippen LogP contribution in [0.5, 0.6) is 5.75 Å². The van der Waals surface area contributed by atoms with Crippen LogP contribution in [-0.2, 0) is 17.9 Å². The third-order valence-corrected chi connectivity index (χ3v) is 5.82. The lowest BCUT2D eigenvalue weighted by molar-refractivity contribution is -0.195. The number of nitriles is 1. The molecule has 1 unspecified atom stereocenters. The maximum absolute atomic E-state index is 12.7. The Labute approximate surface area is 187 Å². The molecule has 1 aliphatic rings. The van der Waals surface area contributed by atoms with E-state index in [0.717, 1.165) is 40.1 Å². The standard InChI is InChI=1S/C26H25N3O3/c1-4-26(3)31-16-23-22(14-28-17(2)24(23)32-26)15-29-25(30)21-11-9-20(10-12-21)19-7-5-18(13-27)6-8-19/h5-12,14H,4,15-16H2,1-3H3,(H,29,30). The number of nitrogens with zero attached hydrogens (tertiary/aromatic N) is 2. The number of hydrogen-bond donors (Lipinski definition) is 1. The third-order valence-electron chi connectivity index (χ3n) is 5.82. The normalized spacial score (nSPS) is 17.1. The van der Waals surface area contributed by atoms with Crippen molar-refractivity contribution in [3.05, 3.63) is 82.7 Å². The van der Waals surface area contributed by atoms with Crippen LogP contribution < -0.4 is 10.1 Å². The molecule has 2 heterocycles. The van der Waals surface area contributed by atoms with Crippen molar-refractivity contribution in [1.82, 2.24) is 10.3 Å². The van der Waals surface area contributed by atoms with Gasteiger partial charge in [0.25, 0.3) is 5.91 Å². The van der Waals surface area contributed by atoms with Crippen molar-refractivity contribution >= 4 is 5.91 Å². The maximum Gasteiger partial charge on any atom is 0.251 e. The zero-order valence-electron chi connectivity index (χ0n) is 18.4. The van der Waals surface area contributed by atoms with Crippen molar-refractivity contribution in [2.24, 2.45) is 0 Å². The van der Waals surface area contributed by atoms with Crippen molar-refractivity contribution in [2.45, 2.75) is 46.1 Å². The van der Waals surface area contributed by atoms with Crippen LogP contribution in [0.2, 0.25) is 0 Å². The first-order chi connectivity index (χ1) is 15.4. The average Bonchev–Trinajstić information content (AvgIpc) is 2.84. The van der Waals surface area contributed by atoms with Gasteiger partial charge >= 0.3 is 0 Å². The van der Waals surface area contributed by atoms with E-state index >= 15 is 0 Å². The molecule has 1 amide bonds. The van der Waals surface area contributed by atoms with E-state index in [1.165, 1.54) is 0 Å². The molecule has 2 aromatic carbocycles. The summed E-state index contributed by atoms with van der Waals surface area (Å²) in [5.41, 5.74) is 5.79. The number of rotatable bonds is 5. The number of carbonyl (C=O) groups is 1. The lowest BCUT2D eigenvalue weighted by atomic mass is 10.0. The fraction of sp³-hybridized carbons (Fsp3) is 0.269. The second-order valence-corrected chi connectivity index (χ2v) is 8.00. The molecular formula is C26H25N3O3. The fourth-order valence-electron chi connectivity index (χ4n) is 3.59. The Morgan fingerprint density at radius 3 is 2.44 bits per heavy atom. The molecule has 1 aromatic heterocycles. The lowest BCUT2D eigenvalue weighted by Crippen LogP contribution is -2.39. The van der Waals surface area contributed by atoms with Crippen LogP contribution in [0.4, 0.5) is 0 Å². The van der Waals surface area contributed by atoms with Gasteiger partial charge in [-0.2, -0.15) is 5.26 Å². The van der Waals surface area contributed by atoms with Gasteiger partial charge in [-0.05, 0) is 47.9 Å². The van der Waals surface area contributed by atoms with Crippen molar-refractivity contribution in [2.75, 3.05) is 0 Å². The Balaban J connectivity index is 1.45. The van der Waals surface area contributed by atoms with Gasteiger partial charge < -0.3 is 14.8 Å². The molecule has 0 saturated heterocycles. The summed E-state index contributed by atoms with van der Waals surface area (Å²) in [7, 11) is 0. The first-order valence-electron chi connectivity index (χ1n) is 10.6. The Bertz CT molecular complexity index is 1180. The van der Waals surface area contributed by atoms with Crippen molar-refractivity contribution in [3.8, 4) is 22.9 Å². The number of hydrogen-bond acceptors (Lipinski definition) is 5. The second kappa shape index (κ2) is 8.81. The minimum Gasteiger partial charge on any atom is -0.460 e. The maximum atomic E-state index is 12.7. The van der Waals surface area contributed by atoms with Crippen molar-refractivity contribution in [3.63, 3.8) is 0 Å². The molecule has 0 bridgehead atoms. The van der Waals surface area contributed by atoms with E-state index < -0.39 is 5.79 Å². The molecule has 0 fully saturated rings. The van der Waals surface area contributed by atoms with E-state index in [-0.39, 0.29) is 5.91 Å². The van der Waals surface area contributed by atoms with Gasteiger partial charge in [0.15, 0.2) is 0 Å². The van der Waals surface area contributed by atoms with Crippen LogP contribution in [-0.4, -0.2) is 16.7 Å². The van der Waals surface area contributed by atoms with Crippen LogP contribution in [0.15, 0.2) is 54.7 Å². The van der Waals surface area contributed by atoms with E-state index in [1.807, 2.05) is 45.0 Å². The Morgan fingerprint density at radius 2 is 1.81 bits per heavy atom. The summed E-state index contributed by atoms with van der Waals surface area (Å²) >= 11 is 0. The van der Waals surface area contributed by atoms with E-state index in [1.54, 1.807) is 30.5 Å². The minimum absolute atomic E-state index is 0.165. The SMILES string of the molecule is CCC1(C)OCc2c(CNC(=O)c3ccc(-c4ccc(C#N)cc4)cc3)cnc(C)c2O1. The lowest BCUT2D eigenvalue weighted by Gasteiger charge is -2.36. The predicted octanol–water partition coefficient (Wildman–Crippen LogP) is 4.89. The Kier molecular flexibility index (Phi) is 5.93. The third kappa shape index (κ3) is 4.34. The van der Waals surface area contributed by atoms with Gasteiger partial charge in [-0.15, -0.1) is 0 Å². The highest BCUT2D eigenvalue weighted by atomic mass is 16.7. The zero-order valence-corrected chi connectivity index (χ0v) is 18.4. The van der Waals surface area contributed by atoms with Gasteiger partial charge in [0.2, 0.25) is 5.79 Å². The summed E-state index contributed by atoms with van der Waals surface area (Å²) in [6, 6.07) is 16.9. The summed E-state index contributed by atoms with van der Waals surface area (Å²) in [6.07, 6.45) is 2.50. The number of aryl methyl sites for hydroxylation is 1. The first kappa shape index (κ1) is 21.5. The Morgan fingerprint density at radius 1 is 1.16 bits per heavy atom. The molecule has 1 aliphatic heterocycles. The second-order valence-electron chi connectivity index (χ2n) is 8.00. The van der Waals surface area contributed by atoms with E-state index in [9.17, 15) is 4.79 Å². The van der Waals surface area contributed by atoms with Crippen molar-refractivity contribution in [1.29, 1.82) is 5.26 Å². The highest BCUT2D eigenvalue weighted by Gasteiger charge is 2.33. The number of benzene rings is 2. The van der Waals surface area contributed by atoms with E-state index in [2.05, 4.69) is 16.4 Å². The monoisotopic (exact) mass is 427 g/mol. The number of carbonyl (C=O) groups excluding carboxylic acids is 1. The molecule has 1 N–H and O–H groups in total. The predicted molar refractivity (Wildman–Crippen MR) is 121 cm³/mol. The van der Waals surface area contributed by atoms with E-state index in [4.69, 9.17) is 14.7 Å². The molecule has 0 radical (unpaired) electrons. The van der Waals surface area contributed by atoms with Gasteiger partial charge in [-0.3, -0.25) is 9.78 Å². The largest absolute Gasteiger partial charge is 0.460 e. The molecule has 6 heteroatoms. The van der Waals surface area contributed by atoms with Crippen molar-refractivity contribution < 1.29 is 14.3 Å². The number of pyridine rings is 1. The van der Waals surface area contributed by atoms with Crippen LogP contribution in [0.3, 0.4) is 0 Å². The van der Waals surface area contributed by atoms with Crippen LogP contribution in [0, 0.1) is 18.3 Å². The summed E-state index contributed by atoms with van der Waals surface area (Å²) < 4.78 is 12.0. The molecule has 162 valence electrons. The number of ether oxygens (including phenoxy) is 2. The van der Waals surface area contributed by atoms with Gasteiger partial charge in [-0.1, -0.05) is 31.2 Å². The minimum atomic E-state index is -0.655. The molecule has 3 aromatic rings. The summed E-state index contributed by atoms with van der Waals surface area (Å²) in [4.78, 5) is 17.2. The van der Waals surface area contributed by atoms with Crippen LogP contribution in [0.1, 0.15) is 53.0 Å². The summed E-state index contributed by atoms with van der Waals surface area (Å²) in [5.74, 6) is -0.0706. The molecule has 4 rings (SSSR count). The molecule has 0 saturated carbocycles. The number of fused-ring (bicyclic) bond motifs is 1. The smallest absolute Gasteiger partial charge is 0.251 e. The van der Waals surface area contributed by atoms with E-state index in [0.29, 0.717) is 24.3 Å². The zero-order chi connectivity index (χ0) is 22.7. The molecule has 32 heavy (non-hydrogen) atoms. The van der Waals surface area contributed by atoms with Gasteiger partial charge in [0, 0.05) is 37.2 Å². The molecule has 1 atom stereocenters. The molecule has 0 spiro atoms. The van der Waals surface area contributed by atoms with Gasteiger partial charge in [-0.25, -0.2) is 0 Å². The number of aromatic nitrogens is 1. The number of nitrogens with one attached hydrogen (secondary N) is 1. The fourth-order valence-corrected chi connectivity index (χ4v) is 3.59. The summed E-state index contributed by atoms with van der Waals surface area (Å²) in [5, 5.41) is 11.9. The Hall–Kier alpha value is -3.69. The summed E-state index contributed by atoms with van der Waals surface area (Å²) in [6.45, 7) is 6.61. The molecule has 0 aliphatic carbocycles. The highest BCUT2D eigenvalue weighted by molar-refractivity contribution is 5.94. The highest BCUT2D eigenvalue weighted by Crippen LogP contribution is 2.36. The number of amides is 1. The first-order valence-corrected chi connectivity index (χ1v) is 10.6. The average molecular weight is 428 g/mol. The quantitative estimate of drug-likeness (QED) is 0.626. The van der Waals surface area contributed by atoms with Gasteiger partial charge in [0.1, 0.15) is 5.75 Å². The van der Waals surface area contributed by atoms with Gasteiger partial charge in [0.05, 0.1) is 23.9 Å². The van der Waals surface area contributed by atoms with Crippen LogP contribution in [0.25, 0.3) is 11.1 Å².